The Balaban J connectivity index is 2.24. The van der Waals surface area contributed by atoms with E-state index in [4.69, 9.17) is 16.3 Å². The van der Waals surface area contributed by atoms with Gasteiger partial charge < -0.3 is 9.72 Å². The lowest BCUT2D eigenvalue weighted by Gasteiger charge is -2.08. The molecule has 0 saturated carbocycles. The van der Waals surface area contributed by atoms with E-state index >= 15 is 0 Å². The number of aromatic amines is 1. The van der Waals surface area contributed by atoms with Crippen molar-refractivity contribution in [1.82, 2.24) is 14.6 Å². The number of ether oxygens (including phenoxy) is 1. The van der Waals surface area contributed by atoms with E-state index in [1.54, 1.807) is 25.3 Å². The fourth-order valence-electron chi connectivity index (χ4n) is 2.99. The van der Waals surface area contributed by atoms with Gasteiger partial charge in [-0.15, -0.1) is 5.10 Å². The number of aryl methyl sites for hydroxylation is 1. The fraction of sp³-hybridized carbons (Fsp3) is 0.316. The van der Waals surface area contributed by atoms with Crippen molar-refractivity contribution in [2.75, 3.05) is 6.61 Å². The van der Waals surface area contributed by atoms with Gasteiger partial charge in [0.05, 0.1) is 12.2 Å². The standard InChI is InChI=1S/C19H20ClN3O3/c1-5-26-19(25)13-9-23-16(15(13)10(2)3)18(24)21-17(22-23)12-6-7-14(20)11(4)8-12/h6-10H,5H2,1-4H3,(H,21,22,24). The molecule has 0 saturated heterocycles. The molecule has 2 heterocycles. The lowest BCUT2D eigenvalue weighted by molar-refractivity contribution is 0.0525. The van der Waals surface area contributed by atoms with E-state index in [9.17, 15) is 9.59 Å². The van der Waals surface area contributed by atoms with Gasteiger partial charge in [-0.05, 0) is 43.5 Å². The third-order valence-electron chi connectivity index (χ3n) is 4.18. The van der Waals surface area contributed by atoms with Crippen LogP contribution < -0.4 is 5.56 Å². The van der Waals surface area contributed by atoms with Gasteiger partial charge in [0.25, 0.3) is 5.56 Å². The summed E-state index contributed by atoms with van der Waals surface area (Å²) in [6, 6.07) is 5.40. The van der Waals surface area contributed by atoms with Crippen LogP contribution >= 0.6 is 11.6 Å². The van der Waals surface area contributed by atoms with Gasteiger partial charge in [0.2, 0.25) is 0 Å². The van der Waals surface area contributed by atoms with Crippen LogP contribution in [0, 0.1) is 6.92 Å². The van der Waals surface area contributed by atoms with Crippen molar-refractivity contribution in [2.24, 2.45) is 0 Å². The van der Waals surface area contributed by atoms with E-state index < -0.39 is 5.97 Å². The molecule has 0 atom stereocenters. The van der Waals surface area contributed by atoms with Crippen molar-refractivity contribution in [3.05, 3.63) is 56.5 Å². The number of hydrogen-bond donors (Lipinski definition) is 1. The first-order valence-electron chi connectivity index (χ1n) is 8.42. The number of fused-ring (bicyclic) bond motifs is 1. The molecule has 1 aromatic carbocycles. The molecule has 3 rings (SSSR count). The molecule has 0 spiro atoms. The highest BCUT2D eigenvalue weighted by atomic mass is 35.5. The number of halogens is 1. The molecule has 0 bridgehead atoms. The minimum atomic E-state index is -0.454. The Bertz CT molecular complexity index is 1050. The van der Waals surface area contributed by atoms with Crippen molar-refractivity contribution in [3.63, 3.8) is 0 Å². The van der Waals surface area contributed by atoms with Gasteiger partial charge in [0.15, 0.2) is 5.82 Å². The number of benzene rings is 1. The minimum Gasteiger partial charge on any atom is -0.462 e. The second kappa shape index (κ2) is 6.96. The van der Waals surface area contributed by atoms with Crippen LogP contribution in [-0.2, 0) is 4.74 Å². The van der Waals surface area contributed by atoms with Gasteiger partial charge in [-0.25, -0.2) is 9.31 Å². The average molecular weight is 374 g/mol. The van der Waals surface area contributed by atoms with E-state index in [1.165, 1.54) is 4.52 Å². The molecular weight excluding hydrogens is 354 g/mol. The molecule has 3 aromatic rings. The van der Waals surface area contributed by atoms with Gasteiger partial charge >= 0.3 is 5.97 Å². The number of nitrogens with zero attached hydrogens (tertiary/aromatic N) is 2. The number of hydrogen-bond acceptors (Lipinski definition) is 4. The van der Waals surface area contributed by atoms with Crippen LogP contribution in [0.4, 0.5) is 0 Å². The van der Waals surface area contributed by atoms with E-state index in [2.05, 4.69) is 10.1 Å². The van der Waals surface area contributed by atoms with Crippen molar-refractivity contribution >= 4 is 23.1 Å². The predicted molar refractivity (Wildman–Crippen MR) is 101 cm³/mol. The Hall–Kier alpha value is -2.60. The maximum absolute atomic E-state index is 12.7. The summed E-state index contributed by atoms with van der Waals surface area (Å²) in [7, 11) is 0. The molecule has 2 aromatic heterocycles. The zero-order valence-electron chi connectivity index (χ0n) is 15.1. The second-order valence-corrected chi connectivity index (χ2v) is 6.80. The lowest BCUT2D eigenvalue weighted by atomic mass is 10.0. The highest BCUT2D eigenvalue weighted by molar-refractivity contribution is 6.31. The number of rotatable bonds is 4. The Kier molecular flexibility index (Phi) is 4.87. The van der Waals surface area contributed by atoms with Gasteiger partial charge in [0, 0.05) is 22.3 Å². The molecule has 26 heavy (non-hydrogen) atoms. The zero-order chi connectivity index (χ0) is 19.0. The van der Waals surface area contributed by atoms with Crippen LogP contribution in [0.2, 0.25) is 5.02 Å². The molecule has 0 aliphatic carbocycles. The quantitative estimate of drug-likeness (QED) is 0.702. The molecule has 136 valence electrons. The van der Waals surface area contributed by atoms with Crippen molar-refractivity contribution < 1.29 is 9.53 Å². The third-order valence-corrected chi connectivity index (χ3v) is 4.61. The zero-order valence-corrected chi connectivity index (χ0v) is 15.8. The third kappa shape index (κ3) is 3.12. The normalized spacial score (nSPS) is 11.3. The first kappa shape index (κ1) is 18.2. The molecule has 0 aliphatic rings. The van der Waals surface area contributed by atoms with Gasteiger partial charge in [0.1, 0.15) is 5.52 Å². The van der Waals surface area contributed by atoms with E-state index in [1.807, 2.05) is 26.8 Å². The molecular formula is C19H20ClN3O3. The summed E-state index contributed by atoms with van der Waals surface area (Å²) < 4.78 is 6.58. The summed E-state index contributed by atoms with van der Waals surface area (Å²) in [5.74, 6) is -0.0844. The van der Waals surface area contributed by atoms with Crippen LogP contribution in [-0.4, -0.2) is 27.2 Å². The van der Waals surface area contributed by atoms with Gasteiger partial charge in [-0.1, -0.05) is 25.4 Å². The first-order chi connectivity index (χ1) is 12.3. The molecule has 6 nitrogen and oxygen atoms in total. The number of nitrogens with one attached hydrogen (secondary N) is 1. The maximum Gasteiger partial charge on any atom is 0.340 e. The van der Waals surface area contributed by atoms with Crippen molar-refractivity contribution in [2.45, 2.75) is 33.6 Å². The van der Waals surface area contributed by atoms with Gasteiger partial charge in [-0.2, -0.15) is 0 Å². The summed E-state index contributed by atoms with van der Waals surface area (Å²) in [4.78, 5) is 27.9. The maximum atomic E-state index is 12.7. The van der Waals surface area contributed by atoms with Crippen LogP contribution in [0.25, 0.3) is 16.9 Å². The fourth-order valence-corrected chi connectivity index (χ4v) is 3.11. The second-order valence-electron chi connectivity index (χ2n) is 6.39. The van der Waals surface area contributed by atoms with Crippen LogP contribution in [0.1, 0.15) is 48.2 Å². The monoisotopic (exact) mass is 373 g/mol. The minimum absolute atomic E-state index is 0.0362. The molecule has 0 amide bonds. The number of aromatic nitrogens is 3. The topological polar surface area (TPSA) is 76.5 Å². The first-order valence-corrected chi connectivity index (χ1v) is 8.80. The van der Waals surface area contributed by atoms with Gasteiger partial charge in [-0.3, -0.25) is 4.79 Å². The summed E-state index contributed by atoms with van der Waals surface area (Å²) in [5, 5.41) is 5.14. The summed E-state index contributed by atoms with van der Waals surface area (Å²) >= 11 is 6.07. The van der Waals surface area contributed by atoms with Crippen molar-refractivity contribution in [1.29, 1.82) is 0 Å². The van der Waals surface area contributed by atoms with E-state index in [0.29, 0.717) is 27.5 Å². The van der Waals surface area contributed by atoms with Crippen LogP contribution in [0.5, 0.6) is 0 Å². The van der Waals surface area contributed by atoms with E-state index in [0.717, 1.165) is 11.1 Å². The highest BCUT2D eigenvalue weighted by Crippen LogP contribution is 2.26. The summed E-state index contributed by atoms with van der Waals surface area (Å²) in [6.45, 7) is 7.74. The molecule has 0 radical (unpaired) electrons. The average Bonchev–Trinajstić information content (AvgIpc) is 2.98. The SMILES string of the molecule is CCOC(=O)c1cn2nc(-c3ccc(Cl)c(C)c3)[nH]c(=O)c2c1C(C)C. The summed E-state index contributed by atoms with van der Waals surface area (Å²) in [6.07, 6.45) is 1.56. The Labute approximate surface area is 155 Å². The number of H-pyrrole nitrogens is 1. The molecule has 0 unspecified atom stereocenters. The Morgan fingerprint density at radius 1 is 1.38 bits per heavy atom. The Morgan fingerprint density at radius 3 is 2.73 bits per heavy atom. The molecule has 0 fully saturated rings. The van der Waals surface area contributed by atoms with Crippen LogP contribution in [0.15, 0.2) is 29.2 Å². The summed E-state index contributed by atoms with van der Waals surface area (Å²) in [5.41, 5.74) is 2.68. The smallest absolute Gasteiger partial charge is 0.340 e. The molecule has 7 heteroatoms. The number of carbonyl (C=O) groups excluding carboxylic acids is 1. The predicted octanol–water partition coefficient (Wildman–Crippen LogP) is 3.95. The largest absolute Gasteiger partial charge is 0.462 e. The number of carbonyl (C=O) groups is 1. The molecule has 1 N–H and O–H groups in total. The highest BCUT2D eigenvalue weighted by Gasteiger charge is 2.23. The Morgan fingerprint density at radius 2 is 2.12 bits per heavy atom. The number of esters is 1. The van der Waals surface area contributed by atoms with Crippen LogP contribution in [0.3, 0.4) is 0 Å². The molecule has 0 aliphatic heterocycles. The lowest BCUT2D eigenvalue weighted by Crippen LogP contribution is -2.15. The van der Waals surface area contributed by atoms with Crippen molar-refractivity contribution in [3.8, 4) is 11.4 Å². The van der Waals surface area contributed by atoms with E-state index in [-0.39, 0.29) is 18.1 Å².